The molecule has 0 spiro atoms. The maximum atomic E-state index is 13.0. The second kappa shape index (κ2) is 8.23. The number of nitrogens with zero attached hydrogens (tertiary/aromatic N) is 1. The SMILES string of the molecule is O=C1CCC(N2C(=O)c3cccc(OCC(=O)NC4CCCNC4)c3C2=O)C(=O)N1. The van der Waals surface area contributed by atoms with Crippen molar-refractivity contribution in [3.8, 4) is 5.75 Å². The minimum Gasteiger partial charge on any atom is -0.483 e. The first-order valence-corrected chi connectivity index (χ1v) is 9.93. The standard InChI is InChI=1S/C20H22N4O6/c25-15-7-6-13(18(27)23-15)24-19(28)12-4-1-5-14(17(12)20(24)29)30-10-16(26)22-11-3-2-8-21-9-11/h1,4-5,11,13,21H,2-3,6-10H2,(H,22,26)(H,23,25,27). The molecule has 0 radical (unpaired) electrons. The Morgan fingerprint density at radius 3 is 2.73 bits per heavy atom. The van der Waals surface area contributed by atoms with Crippen LogP contribution < -0.4 is 20.7 Å². The van der Waals surface area contributed by atoms with Crippen LogP contribution in [0.25, 0.3) is 0 Å². The number of ether oxygens (including phenoxy) is 1. The highest BCUT2D eigenvalue weighted by Gasteiger charge is 2.46. The minimum atomic E-state index is -1.05. The molecule has 1 aromatic carbocycles. The monoisotopic (exact) mass is 414 g/mol. The van der Waals surface area contributed by atoms with Crippen LogP contribution in [0.15, 0.2) is 18.2 Å². The maximum Gasteiger partial charge on any atom is 0.266 e. The number of carbonyl (C=O) groups excluding carboxylic acids is 5. The van der Waals surface area contributed by atoms with Crippen LogP contribution in [0.5, 0.6) is 5.75 Å². The van der Waals surface area contributed by atoms with Crippen molar-refractivity contribution in [2.45, 2.75) is 37.8 Å². The highest BCUT2D eigenvalue weighted by molar-refractivity contribution is 6.24. The first-order chi connectivity index (χ1) is 14.5. The average molecular weight is 414 g/mol. The molecule has 0 aromatic heterocycles. The molecule has 30 heavy (non-hydrogen) atoms. The summed E-state index contributed by atoms with van der Waals surface area (Å²) < 4.78 is 5.56. The number of nitrogens with one attached hydrogen (secondary N) is 3. The predicted molar refractivity (Wildman–Crippen MR) is 103 cm³/mol. The zero-order chi connectivity index (χ0) is 21.3. The van der Waals surface area contributed by atoms with Gasteiger partial charge in [-0.2, -0.15) is 0 Å². The van der Waals surface area contributed by atoms with E-state index < -0.39 is 29.7 Å². The molecule has 158 valence electrons. The molecule has 10 nitrogen and oxygen atoms in total. The fourth-order valence-corrected chi connectivity index (χ4v) is 3.99. The first kappa shape index (κ1) is 20.0. The molecule has 2 fully saturated rings. The summed E-state index contributed by atoms with van der Waals surface area (Å²) in [6, 6.07) is 3.51. The summed E-state index contributed by atoms with van der Waals surface area (Å²) in [6.07, 6.45) is 1.98. The quantitative estimate of drug-likeness (QED) is 0.544. The van der Waals surface area contributed by atoms with Crippen molar-refractivity contribution in [1.82, 2.24) is 20.9 Å². The largest absolute Gasteiger partial charge is 0.483 e. The number of hydrogen-bond acceptors (Lipinski definition) is 7. The molecule has 3 aliphatic heterocycles. The van der Waals surface area contributed by atoms with Gasteiger partial charge in [0.15, 0.2) is 6.61 Å². The van der Waals surface area contributed by atoms with Gasteiger partial charge < -0.3 is 15.4 Å². The fraction of sp³-hybridized carbons (Fsp3) is 0.450. The number of rotatable bonds is 5. The second-order valence-electron chi connectivity index (χ2n) is 7.53. The van der Waals surface area contributed by atoms with Crippen LogP contribution >= 0.6 is 0 Å². The molecule has 1 aromatic rings. The normalized spacial score (nSPS) is 23.8. The van der Waals surface area contributed by atoms with Gasteiger partial charge in [0.2, 0.25) is 11.8 Å². The number of piperidine rings is 2. The van der Waals surface area contributed by atoms with E-state index in [-0.39, 0.29) is 48.3 Å². The van der Waals surface area contributed by atoms with E-state index in [4.69, 9.17) is 4.74 Å². The van der Waals surface area contributed by atoms with Crippen LogP contribution in [0.3, 0.4) is 0 Å². The van der Waals surface area contributed by atoms with E-state index in [1.807, 2.05) is 0 Å². The summed E-state index contributed by atoms with van der Waals surface area (Å²) in [5.74, 6) is -2.61. The van der Waals surface area contributed by atoms with Gasteiger partial charge in [0, 0.05) is 19.0 Å². The van der Waals surface area contributed by atoms with Gasteiger partial charge in [-0.15, -0.1) is 0 Å². The molecular weight excluding hydrogens is 392 g/mol. The van der Waals surface area contributed by atoms with Gasteiger partial charge >= 0.3 is 0 Å². The van der Waals surface area contributed by atoms with Crippen molar-refractivity contribution < 1.29 is 28.7 Å². The molecule has 2 saturated heterocycles. The van der Waals surface area contributed by atoms with E-state index in [0.29, 0.717) is 6.54 Å². The third-order valence-corrected chi connectivity index (χ3v) is 5.45. The number of benzene rings is 1. The first-order valence-electron chi connectivity index (χ1n) is 9.93. The topological polar surface area (TPSA) is 134 Å². The van der Waals surface area contributed by atoms with Crippen molar-refractivity contribution in [2.24, 2.45) is 0 Å². The van der Waals surface area contributed by atoms with Crippen molar-refractivity contribution in [3.63, 3.8) is 0 Å². The number of fused-ring (bicyclic) bond motifs is 1. The van der Waals surface area contributed by atoms with Crippen LogP contribution in [0.1, 0.15) is 46.4 Å². The van der Waals surface area contributed by atoms with Gasteiger partial charge in [-0.05, 0) is 37.9 Å². The van der Waals surface area contributed by atoms with Crippen LogP contribution in [-0.2, 0) is 14.4 Å². The lowest BCUT2D eigenvalue weighted by molar-refractivity contribution is -0.136. The van der Waals surface area contributed by atoms with E-state index in [2.05, 4.69) is 16.0 Å². The second-order valence-corrected chi connectivity index (χ2v) is 7.53. The molecule has 0 saturated carbocycles. The Morgan fingerprint density at radius 1 is 1.17 bits per heavy atom. The van der Waals surface area contributed by atoms with Gasteiger partial charge in [0.25, 0.3) is 17.7 Å². The van der Waals surface area contributed by atoms with Crippen LogP contribution in [-0.4, -0.2) is 66.2 Å². The van der Waals surface area contributed by atoms with E-state index in [1.54, 1.807) is 6.07 Å². The summed E-state index contributed by atoms with van der Waals surface area (Å²) in [5, 5.41) is 8.23. The Bertz CT molecular complexity index is 924. The molecule has 3 aliphatic rings. The van der Waals surface area contributed by atoms with Crippen molar-refractivity contribution >= 4 is 29.5 Å². The van der Waals surface area contributed by atoms with Crippen LogP contribution in [0.2, 0.25) is 0 Å². The smallest absolute Gasteiger partial charge is 0.266 e. The molecule has 3 heterocycles. The lowest BCUT2D eigenvalue weighted by Gasteiger charge is -2.27. The third-order valence-electron chi connectivity index (χ3n) is 5.45. The summed E-state index contributed by atoms with van der Waals surface area (Å²) in [7, 11) is 0. The van der Waals surface area contributed by atoms with Gasteiger partial charge in [0.1, 0.15) is 11.8 Å². The van der Waals surface area contributed by atoms with Crippen molar-refractivity contribution in [3.05, 3.63) is 29.3 Å². The molecular formula is C20H22N4O6. The number of amides is 5. The van der Waals surface area contributed by atoms with E-state index in [0.717, 1.165) is 24.3 Å². The predicted octanol–water partition coefficient (Wildman–Crippen LogP) is -0.665. The Labute approximate surface area is 172 Å². The number of hydrogen-bond donors (Lipinski definition) is 3. The number of imide groups is 2. The van der Waals surface area contributed by atoms with Crippen molar-refractivity contribution in [1.29, 1.82) is 0 Å². The molecule has 5 amide bonds. The zero-order valence-corrected chi connectivity index (χ0v) is 16.2. The molecule has 2 unspecified atom stereocenters. The minimum absolute atomic E-state index is 0.0272. The summed E-state index contributed by atoms with van der Waals surface area (Å²) >= 11 is 0. The molecule has 0 aliphatic carbocycles. The Balaban J connectivity index is 1.47. The molecule has 4 rings (SSSR count). The molecule has 10 heteroatoms. The van der Waals surface area contributed by atoms with Crippen LogP contribution in [0.4, 0.5) is 0 Å². The Hall–Kier alpha value is -3.27. The third kappa shape index (κ3) is 3.78. The highest BCUT2D eigenvalue weighted by atomic mass is 16.5. The lowest BCUT2D eigenvalue weighted by atomic mass is 10.0. The lowest BCUT2D eigenvalue weighted by Crippen LogP contribution is -2.54. The average Bonchev–Trinajstić information content (AvgIpc) is 2.98. The summed E-state index contributed by atoms with van der Waals surface area (Å²) in [6.45, 7) is 1.33. The number of carbonyl (C=O) groups is 5. The van der Waals surface area contributed by atoms with Gasteiger partial charge in [0.05, 0.1) is 11.1 Å². The summed E-state index contributed by atoms with van der Waals surface area (Å²) in [4.78, 5) is 62.4. The van der Waals surface area contributed by atoms with Crippen LogP contribution in [0, 0.1) is 0 Å². The molecule has 2 atom stereocenters. The zero-order valence-electron chi connectivity index (χ0n) is 16.2. The Kier molecular flexibility index (Phi) is 5.49. The summed E-state index contributed by atoms with van der Waals surface area (Å²) in [5.41, 5.74) is 0.137. The van der Waals surface area contributed by atoms with Gasteiger partial charge in [-0.25, -0.2) is 0 Å². The maximum absolute atomic E-state index is 13.0. The fourth-order valence-electron chi connectivity index (χ4n) is 3.99. The van der Waals surface area contributed by atoms with E-state index in [9.17, 15) is 24.0 Å². The van der Waals surface area contributed by atoms with Gasteiger partial charge in [-0.3, -0.25) is 34.2 Å². The van der Waals surface area contributed by atoms with E-state index in [1.165, 1.54) is 12.1 Å². The van der Waals surface area contributed by atoms with E-state index >= 15 is 0 Å². The highest BCUT2D eigenvalue weighted by Crippen LogP contribution is 2.33. The molecule has 3 N–H and O–H groups in total. The van der Waals surface area contributed by atoms with Crippen molar-refractivity contribution in [2.75, 3.05) is 19.7 Å². The van der Waals surface area contributed by atoms with Gasteiger partial charge in [-0.1, -0.05) is 6.07 Å². The Morgan fingerprint density at radius 2 is 2.00 bits per heavy atom. The molecule has 0 bridgehead atoms.